The summed E-state index contributed by atoms with van der Waals surface area (Å²) in [6.45, 7) is 7.49. The molecule has 258 valence electrons. The second-order valence-corrected chi connectivity index (χ2v) is 13.1. The third-order valence-electron chi connectivity index (χ3n) is 9.63. The molecule has 1 atom stereocenters. The summed E-state index contributed by atoms with van der Waals surface area (Å²) in [5.41, 5.74) is 6.77. The van der Waals surface area contributed by atoms with Crippen LogP contribution in [-0.2, 0) is 23.5 Å². The molecule has 0 unspecified atom stereocenters. The standard InChI is InChI=1S/C46H46N2O3/c1-5-42(45-36(32-49)26-29-44(47-45)48(34(2)3)31-35-18-10-6-11-19-35)43-28-27-41(50-4)30-37(43)33-51-46(38-20-12-7-13-21-38,39-22-14-8-15-23-39)40-24-16-9-17-25-40/h6-30,32,34,42H,5,31,33H2,1-4H3/t42-/m1/s1. The lowest BCUT2D eigenvalue weighted by Gasteiger charge is -2.36. The van der Waals surface area contributed by atoms with Crippen LogP contribution in [0, 0.1) is 0 Å². The van der Waals surface area contributed by atoms with Gasteiger partial charge in [-0.15, -0.1) is 0 Å². The van der Waals surface area contributed by atoms with Gasteiger partial charge in [0.15, 0.2) is 6.29 Å². The van der Waals surface area contributed by atoms with E-state index in [1.165, 1.54) is 5.56 Å². The lowest BCUT2D eigenvalue weighted by atomic mass is 9.80. The van der Waals surface area contributed by atoms with Gasteiger partial charge < -0.3 is 14.4 Å². The minimum atomic E-state index is -0.896. The zero-order valence-corrected chi connectivity index (χ0v) is 29.9. The second kappa shape index (κ2) is 16.5. The summed E-state index contributed by atoms with van der Waals surface area (Å²) in [4.78, 5) is 20.2. The van der Waals surface area contributed by atoms with Gasteiger partial charge in [-0.25, -0.2) is 4.98 Å². The normalized spacial score (nSPS) is 12.0. The average Bonchev–Trinajstić information content (AvgIpc) is 3.19. The Bertz CT molecular complexity index is 1900. The second-order valence-electron chi connectivity index (χ2n) is 13.1. The van der Waals surface area contributed by atoms with E-state index in [-0.39, 0.29) is 18.6 Å². The Hall–Kier alpha value is -5.52. The van der Waals surface area contributed by atoms with Gasteiger partial charge in [0.1, 0.15) is 17.2 Å². The summed E-state index contributed by atoms with van der Waals surface area (Å²) in [6.07, 6.45) is 1.66. The van der Waals surface area contributed by atoms with Crippen molar-refractivity contribution >= 4 is 12.1 Å². The quantitative estimate of drug-likeness (QED) is 0.0802. The summed E-state index contributed by atoms with van der Waals surface area (Å²) in [6, 6.07) is 51.8. The SMILES string of the molecule is CC[C@H](c1ccc(OC)cc1COC(c1ccccc1)(c1ccccc1)c1ccccc1)c1nc(N(Cc2ccccc2)C(C)C)ccc1C=O. The van der Waals surface area contributed by atoms with E-state index < -0.39 is 5.60 Å². The fourth-order valence-corrected chi connectivity index (χ4v) is 7.01. The summed E-state index contributed by atoms with van der Waals surface area (Å²) in [7, 11) is 1.68. The number of methoxy groups -OCH3 is 1. The van der Waals surface area contributed by atoms with Crippen LogP contribution in [0.3, 0.4) is 0 Å². The molecule has 0 radical (unpaired) electrons. The Balaban J connectivity index is 1.45. The van der Waals surface area contributed by atoms with Gasteiger partial charge >= 0.3 is 0 Å². The highest BCUT2D eigenvalue weighted by molar-refractivity contribution is 5.78. The van der Waals surface area contributed by atoms with E-state index in [9.17, 15) is 4.79 Å². The Labute approximate surface area is 302 Å². The molecule has 1 heterocycles. The van der Waals surface area contributed by atoms with Gasteiger partial charge in [0.05, 0.1) is 19.4 Å². The Morgan fingerprint density at radius 3 is 1.76 bits per heavy atom. The molecule has 0 saturated heterocycles. The highest BCUT2D eigenvalue weighted by atomic mass is 16.5. The van der Waals surface area contributed by atoms with Crippen LogP contribution < -0.4 is 9.64 Å². The first-order valence-corrected chi connectivity index (χ1v) is 17.7. The molecular formula is C46H46N2O3. The first-order chi connectivity index (χ1) is 25.0. The molecule has 5 nitrogen and oxygen atoms in total. The lowest BCUT2D eigenvalue weighted by Crippen LogP contribution is -2.33. The molecule has 0 aliphatic rings. The predicted octanol–water partition coefficient (Wildman–Crippen LogP) is 10.4. The molecule has 0 saturated carbocycles. The number of carbonyl (C=O) groups is 1. The molecular weight excluding hydrogens is 629 g/mol. The van der Waals surface area contributed by atoms with Crippen molar-refractivity contribution in [3.05, 3.63) is 196 Å². The molecule has 6 aromatic rings. The highest BCUT2D eigenvalue weighted by Crippen LogP contribution is 2.42. The van der Waals surface area contributed by atoms with Crippen molar-refractivity contribution in [2.75, 3.05) is 12.0 Å². The molecule has 0 bridgehead atoms. The number of hydrogen-bond acceptors (Lipinski definition) is 5. The van der Waals surface area contributed by atoms with Crippen LogP contribution >= 0.6 is 0 Å². The number of nitrogens with zero attached hydrogens (tertiary/aromatic N) is 2. The van der Waals surface area contributed by atoms with E-state index in [0.717, 1.165) is 57.8 Å². The van der Waals surface area contributed by atoms with Crippen LogP contribution in [0.4, 0.5) is 5.82 Å². The molecule has 5 heteroatoms. The van der Waals surface area contributed by atoms with Crippen LogP contribution in [0.25, 0.3) is 0 Å². The molecule has 1 aromatic heterocycles. The molecule has 0 amide bonds. The van der Waals surface area contributed by atoms with E-state index in [1.54, 1.807) is 7.11 Å². The van der Waals surface area contributed by atoms with Crippen molar-refractivity contribution in [1.29, 1.82) is 0 Å². The van der Waals surface area contributed by atoms with E-state index in [1.807, 2.05) is 42.5 Å². The first kappa shape index (κ1) is 35.3. The number of rotatable bonds is 15. The zero-order chi connectivity index (χ0) is 35.6. The topological polar surface area (TPSA) is 51.7 Å². The number of aromatic nitrogens is 1. The van der Waals surface area contributed by atoms with Gasteiger partial charge in [-0.1, -0.05) is 134 Å². The average molecular weight is 675 g/mol. The number of aldehydes is 1. The fourth-order valence-electron chi connectivity index (χ4n) is 7.01. The van der Waals surface area contributed by atoms with Crippen LogP contribution in [0.1, 0.15) is 82.5 Å². The summed E-state index contributed by atoms with van der Waals surface area (Å²) < 4.78 is 13.1. The molecule has 0 aliphatic carbocycles. The van der Waals surface area contributed by atoms with Crippen LogP contribution in [-0.4, -0.2) is 24.4 Å². The maximum absolute atomic E-state index is 12.6. The van der Waals surface area contributed by atoms with Crippen molar-refractivity contribution in [3.63, 3.8) is 0 Å². The van der Waals surface area contributed by atoms with Gasteiger partial charge in [-0.2, -0.15) is 0 Å². The molecule has 0 spiro atoms. The van der Waals surface area contributed by atoms with Crippen LogP contribution in [0.5, 0.6) is 5.75 Å². The predicted molar refractivity (Wildman–Crippen MR) is 207 cm³/mol. The van der Waals surface area contributed by atoms with Gasteiger partial charge in [0.2, 0.25) is 0 Å². The van der Waals surface area contributed by atoms with Gasteiger partial charge in [-0.05, 0) is 77.9 Å². The summed E-state index contributed by atoms with van der Waals surface area (Å²) in [5, 5.41) is 0. The fraction of sp³-hybridized carbons (Fsp3) is 0.217. The van der Waals surface area contributed by atoms with Gasteiger partial charge in [0.25, 0.3) is 0 Å². The maximum atomic E-state index is 12.6. The smallest absolute Gasteiger partial charge is 0.151 e. The van der Waals surface area contributed by atoms with Crippen molar-refractivity contribution < 1.29 is 14.3 Å². The molecule has 0 fully saturated rings. The molecule has 0 N–H and O–H groups in total. The Morgan fingerprint density at radius 2 is 1.27 bits per heavy atom. The molecule has 51 heavy (non-hydrogen) atoms. The Kier molecular flexibility index (Phi) is 11.4. The number of ether oxygens (including phenoxy) is 2. The number of benzene rings is 5. The zero-order valence-electron chi connectivity index (χ0n) is 29.9. The summed E-state index contributed by atoms with van der Waals surface area (Å²) >= 11 is 0. The molecule has 6 rings (SSSR count). The van der Waals surface area contributed by atoms with Gasteiger partial charge in [-0.3, -0.25) is 4.79 Å². The maximum Gasteiger partial charge on any atom is 0.151 e. The molecule has 0 aliphatic heterocycles. The number of pyridine rings is 1. The largest absolute Gasteiger partial charge is 0.497 e. The third-order valence-corrected chi connectivity index (χ3v) is 9.63. The van der Waals surface area contributed by atoms with E-state index in [2.05, 4.69) is 135 Å². The van der Waals surface area contributed by atoms with Crippen molar-refractivity contribution in [2.24, 2.45) is 0 Å². The van der Waals surface area contributed by atoms with Crippen molar-refractivity contribution in [2.45, 2.75) is 57.9 Å². The summed E-state index contributed by atoms with van der Waals surface area (Å²) in [5.74, 6) is 1.42. The number of anilines is 1. The number of carbonyl (C=O) groups excluding carboxylic acids is 1. The van der Waals surface area contributed by atoms with E-state index in [4.69, 9.17) is 14.5 Å². The molecule has 5 aromatic carbocycles. The minimum Gasteiger partial charge on any atom is -0.497 e. The minimum absolute atomic E-state index is 0.167. The van der Waals surface area contributed by atoms with Crippen molar-refractivity contribution in [3.8, 4) is 5.75 Å². The van der Waals surface area contributed by atoms with Crippen LogP contribution in [0.2, 0.25) is 0 Å². The van der Waals surface area contributed by atoms with E-state index >= 15 is 0 Å². The lowest BCUT2D eigenvalue weighted by molar-refractivity contribution is -0.000228. The number of hydrogen-bond donors (Lipinski definition) is 0. The van der Waals surface area contributed by atoms with E-state index in [0.29, 0.717) is 12.1 Å². The van der Waals surface area contributed by atoms with Crippen LogP contribution in [0.15, 0.2) is 152 Å². The monoisotopic (exact) mass is 674 g/mol. The Morgan fingerprint density at radius 1 is 0.725 bits per heavy atom. The van der Waals surface area contributed by atoms with Crippen molar-refractivity contribution in [1.82, 2.24) is 4.98 Å². The first-order valence-electron chi connectivity index (χ1n) is 17.7. The van der Waals surface area contributed by atoms with Gasteiger partial charge in [0, 0.05) is 24.1 Å². The third kappa shape index (κ3) is 7.64. The highest BCUT2D eigenvalue weighted by Gasteiger charge is 2.38.